The van der Waals surface area contributed by atoms with Crippen molar-refractivity contribution in [1.82, 2.24) is 15.8 Å². The Balaban J connectivity index is 1.47. The van der Waals surface area contributed by atoms with E-state index in [4.69, 9.17) is 0 Å². The number of piperidine rings is 1. The van der Waals surface area contributed by atoms with E-state index < -0.39 is 0 Å². The number of hydrogen-bond acceptors (Lipinski definition) is 4. The van der Waals surface area contributed by atoms with Crippen LogP contribution in [0.2, 0.25) is 0 Å². The highest BCUT2D eigenvalue weighted by molar-refractivity contribution is 5.73. The molecule has 4 nitrogen and oxygen atoms in total. The second kappa shape index (κ2) is 9.20. The van der Waals surface area contributed by atoms with Gasteiger partial charge in [0.05, 0.1) is 0 Å². The maximum atomic E-state index is 14.1. The highest BCUT2D eigenvalue weighted by atomic mass is 19.1. The molecule has 0 amide bonds. The summed E-state index contributed by atoms with van der Waals surface area (Å²) in [5.74, 6) is -0.133. The molecule has 0 aromatic heterocycles. The fourth-order valence-corrected chi connectivity index (χ4v) is 4.83. The smallest absolute Gasteiger partial charge is 0.123 e. The van der Waals surface area contributed by atoms with E-state index in [1.54, 1.807) is 6.07 Å². The summed E-state index contributed by atoms with van der Waals surface area (Å²) >= 11 is 0. The van der Waals surface area contributed by atoms with Crippen LogP contribution < -0.4 is 15.8 Å². The zero-order valence-corrected chi connectivity index (χ0v) is 17.0. The summed E-state index contributed by atoms with van der Waals surface area (Å²) in [4.78, 5) is 4.81. The van der Waals surface area contributed by atoms with Crippen molar-refractivity contribution < 1.29 is 8.78 Å². The van der Waals surface area contributed by atoms with Crippen molar-refractivity contribution >= 4 is 11.4 Å². The fourth-order valence-electron chi connectivity index (χ4n) is 4.83. The molecule has 2 heterocycles. The van der Waals surface area contributed by atoms with Crippen molar-refractivity contribution in [2.75, 3.05) is 38.1 Å². The number of halogens is 2. The molecule has 2 aromatic carbocycles. The predicted molar refractivity (Wildman–Crippen MR) is 113 cm³/mol. The number of anilines is 2. The number of likely N-dealkylation sites (tertiary alicyclic amines) is 1. The van der Waals surface area contributed by atoms with E-state index in [-0.39, 0.29) is 17.6 Å². The lowest BCUT2D eigenvalue weighted by atomic mass is 9.89. The Morgan fingerprint density at radius 3 is 2.59 bits per heavy atom. The molecular formula is C23H30F2N4. The largest absolute Gasteiger partial charge is 0.337 e. The van der Waals surface area contributed by atoms with Gasteiger partial charge in [-0.3, -0.25) is 10.9 Å². The Hall–Kier alpha value is -2.02. The number of hydrazine groups is 1. The minimum absolute atomic E-state index is 0.183. The molecule has 4 rings (SSSR count). The van der Waals surface area contributed by atoms with Crippen molar-refractivity contribution in [3.8, 4) is 0 Å². The first kappa shape index (κ1) is 20.3. The predicted octanol–water partition coefficient (Wildman–Crippen LogP) is 4.17. The van der Waals surface area contributed by atoms with Crippen LogP contribution in [0.15, 0.2) is 42.5 Å². The number of fused-ring (bicyclic) bond motifs is 3. The fraction of sp³-hybridized carbons (Fsp3) is 0.478. The Kier molecular flexibility index (Phi) is 6.43. The van der Waals surface area contributed by atoms with Gasteiger partial charge in [-0.2, -0.15) is 0 Å². The van der Waals surface area contributed by atoms with Crippen LogP contribution in [0, 0.1) is 11.6 Å². The third-order valence-electron chi connectivity index (χ3n) is 6.20. The average molecular weight is 401 g/mol. The van der Waals surface area contributed by atoms with Gasteiger partial charge in [0.15, 0.2) is 0 Å². The Morgan fingerprint density at radius 2 is 1.79 bits per heavy atom. The van der Waals surface area contributed by atoms with Gasteiger partial charge in [-0.25, -0.2) is 8.78 Å². The average Bonchev–Trinajstić information content (AvgIpc) is 3.04. The summed E-state index contributed by atoms with van der Waals surface area (Å²) in [5.41, 5.74) is 9.21. The molecular weight excluding hydrogens is 370 g/mol. The van der Waals surface area contributed by atoms with Crippen LogP contribution in [0.3, 0.4) is 0 Å². The Labute approximate surface area is 171 Å². The molecule has 0 spiro atoms. The van der Waals surface area contributed by atoms with E-state index in [0.29, 0.717) is 6.04 Å². The molecule has 2 N–H and O–H groups in total. The third-order valence-corrected chi connectivity index (χ3v) is 6.20. The van der Waals surface area contributed by atoms with Gasteiger partial charge in [0.25, 0.3) is 0 Å². The second-order valence-corrected chi connectivity index (χ2v) is 8.05. The van der Waals surface area contributed by atoms with Crippen molar-refractivity contribution in [3.05, 3.63) is 59.7 Å². The standard InChI is InChI=1S/C23H30F2N4/c1-26-27-12-3-2-4-13-28-14-11-23-21(16-28)20-15-18(25)7-10-22(20)29(23)19-8-5-17(24)6-9-19/h5-10,15,21,23,26-27H,2-4,11-14,16H2,1H3. The van der Waals surface area contributed by atoms with E-state index in [1.165, 1.54) is 31.0 Å². The highest BCUT2D eigenvalue weighted by Gasteiger charge is 2.42. The van der Waals surface area contributed by atoms with Crippen LogP contribution >= 0.6 is 0 Å². The molecule has 1 saturated heterocycles. The van der Waals surface area contributed by atoms with Crippen molar-refractivity contribution in [3.63, 3.8) is 0 Å². The van der Waals surface area contributed by atoms with Crippen molar-refractivity contribution in [2.24, 2.45) is 0 Å². The molecule has 2 atom stereocenters. The number of hydrogen-bond donors (Lipinski definition) is 2. The zero-order valence-electron chi connectivity index (χ0n) is 17.0. The van der Waals surface area contributed by atoms with Crippen LogP contribution in [-0.4, -0.2) is 44.2 Å². The molecule has 6 heteroatoms. The lowest BCUT2D eigenvalue weighted by molar-refractivity contribution is 0.193. The first-order valence-corrected chi connectivity index (χ1v) is 10.6. The molecule has 156 valence electrons. The maximum Gasteiger partial charge on any atom is 0.123 e. The van der Waals surface area contributed by atoms with Crippen LogP contribution in [0.1, 0.15) is 37.2 Å². The van der Waals surface area contributed by atoms with Gasteiger partial charge in [0.1, 0.15) is 11.6 Å². The normalized spacial score (nSPS) is 21.3. The summed E-state index contributed by atoms with van der Waals surface area (Å²) in [6.45, 7) is 4.07. The molecule has 2 aliphatic rings. The lowest BCUT2D eigenvalue weighted by Gasteiger charge is -2.39. The molecule has 0 aliphatic carbocycles. The van der Waals surface area contributed by atoms with Gasteiger partial charge in [-0.15, -0.1) is 0 Å². The highest BCUT2D eigenvalue weighted by Crippen LogP contribution is 2.48. The van der Waals surface area contributed by atoms with Gasteiger partial charge < -0.3 is 9.80 Å². The zero-order chi connectivity index (χ0) is 20.2. The summed E-state index contributed by atoms with van der Waals surface area (Å²) < 4.78 is 27.5. The first-order valence-electron chi connectivity index (χ1n) is 10.6. The van der Waals surface area contributed by atoms with Crippen LogP contribution in [0.4, 0.5) is 20.2 Å². The van der Waals surface area contributed by atoms with E-state index in [9.17, 15) is 8.78 Å². The summed E-state index contributed by atoms with van der Waals surface area (Å²) in [6.07, 6.45) is 4.57. The molecule has 0 radical (unpaired) electrons. The molecule has 29 heavy (non-hydrogen) atoms. The van der Waals surface area contributed by atoms with E-state index >= 15 is 0 Å². The Morgan fingerprint density at radius 1 is 1.00 bits per heavy atom. The maximum absolute atomic E-state index is 14.1. The molecule has 0 bridgehead atoms. The summed E-state index contributed by atoms with van der Waals surface area (Å²) in [7, 11) is 1.89. The minimum atomic E-state index is -0.233. The summed E-state index contributed by atoms with van der Waals surface area (Å²) in [5, 5.41) is 0. The number of rotatable bonds is 8. The van der Waals surface area contributed by atoms with E-state index in [2.05, 4.69) is 20.7 Å². The van der Waals surface area contributed by atoms with Gasteiger partial charge >= 0.3 is 0 Å². The number of unbranched alkanes of at least 4 members (excludes halogenated alkanes) is 2. The van der Waals surface area contributed by atoms with Gasteiger partial charge in [0, 0.05) is 43.0 Å². The number of nitrogens with one attached hydrogen (secondary N) is 2. The van der Waals surface area contributed by atoms with Gasteiger partial charge in [0.2, 0.25) is 0 Å². The van der Waals surface area contributed by atoms with Gasteiger partial charge in [-0.05, 0) is 80.9 Å². The minimum Gasteiger partial charge on any atom is -0.337 e. The molecule has 2 aliphatic heterocycles. The third kappa shape index (κ3) is 4.44. The van der Waals surface area contributed by atoms with Crippen LogP contribution in [0.5, 0.6) is 0 Å². The number of benzene rings is 2. The molecule has 1 fully saturated rings. The van der Waals surface area contributed by atoms with Crippen LogP contribution in [0.25, 0.3) is 0 Å². The van der Waals surface area contributed by atoms with Crippen molar-refractivity contribution in [1.29, 1.82) is 0 Å². The first-order chi connectivity index (χ1) is 14.2. The lowest BCUT2D eigenvalue weighted by Crippen LogP contribution is -2.45. The molecule has 2 aromatic rings. The topological polar surface area (TPSA) is 30.5 Å². The van der Waals surface area contributed by atoms with E-state index in [0.717, 1.165) is 56.0 Å². The van der Waals surface area contributed by atoms with E-state index in [1.807, 2.05) is 25.2 Å². The quantitative estimate of drug-likeness (QED) is 0.514. The van der Waals surface area contributed by atoms with Gasteiger partial charge in [-0.1, -0.05) is 6.42 Å². The SMILES string of the molecule is CNNCCCCCN1CCC2C(C1)c1cc(F)ccc1N2c1ccc(F)cc1. The molecule has 0 saturated carbocycles. The summed E-state index contributed by atoms with van der Waals surface area (Å²) in [6, 6.07) is 12.1. The van der Waals surface area contributed by atoms with Crippen LogP contribution in [-0.2, 0) is 0 Å². The monoisotopic (exact) mass is 400 g/mol. The van der Waals surface area contributed by atoms with Crippen molar-refractivity contribution in [2.45, 2.75) is 37.6 Å². The number of nitrogens with zero attached hydrogens (tertiary/aromatic N) is 2. The second-order valence-electron chi connectivity index (χ2n) is 8.05. The molecule has 2 unspecified atom stereocenters. The Bertz CT molecular complexity index is 811.